The molecule has 1 amide bonds. The third-order valence-corrected chi connectivity index (χ3v) is 5.55. The lowest BCUT2D eigenvalue weighted by Crippen LogP contribution is -2.37. The van der Waals surface area contributed by atoms with E-state index >= 15 is 0 Å². The zero-order valence-electron chi connectivity index (χ0n) is 15.4. The largest absolute Gasteiger partial charge is 0.349 e. The fourth-order valence-corrected chi connectivity index (χ4v) is 4.16. The van der Waals surface area contributed by atoms with E-state index in [1.165, 1.54) is 24.1 Å². The van der Waals surface area contributed by atoms with E-state index in [9.17, 15) is 4.79 Å². The Bertz CT molecular complexity index is 764. The van der Waals surface area contributed by atoms with Gasteiger partial charge in [0.1, 0.15) is 0 Å². The zero-order chi connectivity index (χ0) is 17.9. The van der Waals surface area contributed by atoms with Gasteiger partial charge in [0.15, 0.2) is 5.69 Å². The topological polar surface area (TPSA) is 62.2 Å². The van der Waals surface area contributed by atoms with Gasteiger partial charge in [-0.3, -0.25) is 14.4 Å². The smallest absolute Gasteiger partial charge is 0.272 e. The molecule has 6 nitrogen and oxygen atoms in total. The summed E-state index contributed by atoms with van der Waals surface area (Å²) in [5.41, 5.74) is 4.06. The number of likely N-dealkylation sites (tertiary alicyclic amines) is 1. The lowest BCUT2D eigenvalue weighted by molar-refractivity contribution is 0.0931. The predicted octanol–water partition coefficient (Wildman–Crippen LogP) is 1.63. The molecule has 1 aromatic heterocycles. The van der Waals surface area contributed by atoms with Gasteiger partial charge in [-0.1, -0.05) is 30.3 Å². The molecule has 2 aromatic rings. The number of carbonyl (C=O) groups is 1. The summed E-state index contributed by atoms with van der Waals surface area (Å²) in [5.74, 6) is -0.0642. The van der Waals surface area contributed by atoms with Gasteiger partial charge in [0, 0.05) is 44.4 Å². The van der Waals surface area contributed by atoms with Crippen molar-refractivity contribution in [1.82, 2.24) is 25.3 Å². The van der Waals surface area contributed by atoms with E-state index < -0.39 is 0 Å². The van der Waals surface area contributed by atoms with Crippen molar-refractivity contribution in [1.29, 1.82) is 0 Å². The number of hydrogen-bond donors (Lipinski definition) is 2. The van der Waals surface area contributed by atoms with Crippen LogP contribution in [0.4, 0.5) is 0 Å². The van der Waals surface area contributed by atoms with Gasteiger partial charge >= 0.3 is 0 Å². The Hall–Kier alpha value is -2.18. The molecule has 4 rings (SSSR count). The Labute approximate surface area is 154 Å². The van der Waals surface area contributed by atoms with E-state index in [0.29, 0.717) is 12.2 Å². The van der Waals surface area contributed by atoms with E-state index in [1.807, 2.05) is 17.8 Å². The van der Waals surface area contributed by atoms with Gasteiger partial charge in [-0.2, -0.15) is 5.10 Å². The van der Waals surface area contributed by atoms with Gasteiger partial charge in [0.25, 0.3) is 5.91 Å². The highest BCUT2D eigenvalue weighted by Gasteiger charge is 2.27. The lowest BCUT2D eigenvalue weighted by Gasteiger charge is -2.28. The van der Waals surface area contributed by atoms with E-state index in [4.69, 9.17) is 0 Å². The molecule has 26 heavy (non-hydrogen) atoms. The quantitative estimate of drug-likeness (QED) is 0.858. The molecule has 1 aromatic carbocycles. The van der Waals surface area contributed by atoms with Crippen LogP contribution in [0.3, 0.4) is 0 Å². The number of nitrogens with zero attached hydrogens (tertiary/aromatic N) is 3. The molecule has 1 fully saturated rings. The first-order valence-corrected chi connectivity index (χ1v) is 9.56. The van der Waals surface area contributed by atoms with Crippen LogP contribution < -0.4 is 10.6 Å². The summed E-state index contributed by atoms with van der Waals surface area (Å²) < 4.78 is 1.86. The molecule has 1 unspecified atom stereocenters. The standard InChI is InChI=1S/C20H27N5O/c1-24-17-9-10-21-13-16(17)19(23-24)20(26)22-14-18(25-11-5-6-12-25)15-7-3-2-4-8-15/h2-4,7-8,18,21H,5-6,9-14H2,1H3,(H,22,26). The summed E-state index contributed by atoms with van der Waals surface area (Å²) in [7, 11) is 1.93. The van der Waals surface area contributed by atoms with Crippen LogP contribution in [0.15, 0.2) is 30.3 Å². The van der Waals surface area contributed by atoms with Gasteiger partial charge in [0.2, 0.25) is 0 Å². The van der Waals surface area contributed by atoms with Crippen molar-refractivity contribution in [2.75, 3.05) is 26.2 Å². The maximum atomic E-state index is 12.8. The molecule has 0 saturated carbocycles. The van der Waals surface area contributed by atoms with Gasteiger partial charge in [-0.15, -0.1) is 0 Å². The second kappa shape index (κ2) is 7.60. The van der Waals surface area contributed by atoms with Crippen LogP contribution in [0.5, 0.6) is 0 Å². The summed E-state index contributed by atoms with van der Waals surface area (Å²) in [4.78, 5) is 15.3. The second-order valence-electron chi connectivity index (χ2n) is 7.20. The van der Waals surface area contributed by atoms with E-state index in [2.05, 4.69) is 44.9 Å². The number of carbonyl (C=O) groups excluding carboxylic acids is 1. The molecular weight excluding hydrogens is 326 g/mol. The molecule has 0 spiro atoms. The van der Waals surface area contributed by atoms with Crippen LogP contribution in [0.1, 0.15) is 46.2 Å². The molecule has 1 saturated heterocycles. The minimum Gasteiger partial charge on any atom is -0.349 e. The maximum Gasteiger partial charge on any atom is 0.272 e. The van der Waals surface area contributed by atoms with Gasteiger partial charge < -0.3 is 10.6 Å². The SMILES string of the molecule is Cn1nc(C(=O)NCC(c2ccccc2)N2CCCC2)c2c1CCNC2. The number of fused-ring (bicyclic) bond motifs is 1. The summed E-state index contributed by atoms with van der Waals surface area (Å²) >= 11 is 0. The van der Waals surface area contributed by atoms with E-state index in [0.717, 1.165) is 38.2 Å². The first kappa shape index (κ1) is 17.2. The second-order valence-corrected chi connectivity index (χ2v) is 7.20. The summed E-state index contributed by atoms with van der Waals surface area (Å²) in [6, 6.07) is 10.7. The number of amides is 1. The third-order valence-electron chi connectivity index (χ3n) is 5.55. The average Bonchev–Trinajstić information content (AvgIpc) is 3.32. The van der Waals surface area contributed by atoms with Crippen LogP contribution in [-0.4, -0.2) is 46.8 Å². The minimum atomic E-state index is -0.0642. The molecule has 1 atom stereocenters. The average molecular weight is 353 g/mol. The molecule has 3 heterocycles. The van der Waals surface area contributed by atoms with Crippen molar-refractivity contribution in [3.63, 3.8) is 0 Å². The van der Waals surface area contributed by atoms with Crippen molar-refractivity contribution in [3.05, 3.63) is 52.8 Å². The minimum absolute atomic E-state index is 0.0642. The molecule has 138 valence electrons. The van der Waals surface area contributed by atoms with E-state index in [-0.39, 0.29) is 11.9 Å². The molecule has 6 heteroatoms. The predicted molar refractivity (Wildman–Crippen MR) is 101 cm³/mol. The highest BCUT2D eigenvalue weighted by atomic mass is 16.2. The maximum absolute atomic E-state index is 12.8. The number of benzene rings is 1. The fourth-order valence-electron chi connectivity index (χ4n) is 4.16. The first-order chi connectivity index (χ1) is 12.7. The fraction of sp³-hybridized carbons (Fsp3) is 0.500. The number of nitrogens with one attached hydrogen (secondary N) is 2. The monoisotopic (exact) mass is 353 g/mol. The van der Waals surface area contributed by atoms with Crippen molar-refractivity contribution in [3.8, 4) is 0 Å². The van der Waals surface area contributed by atoms with Gasteiger partial charge in [-0.05, 0) is 31.5 Å². The Morgan fingerprint density at radius 1 is 1.27 bits per heavy atom. The molecular formula is C20H27N5O. The number of hydrogen-bond acceptors (Lipinski definition) is 4. The van der Waals surface area contributed by atoms with Crippen LogP contribution in [0.2, 0.25) is 0 Å². The Morgan fingerprint density at radius 2 is 2.04 bits per heavy atom. The summed E-state index contributed by atoms with van der Waals surface area (Å²) in [6.07, 6.45) is 3.39. The molecule has 2 N–H and O–H groups in total. The highest BCUT2D eigenvalue weighted by Crippen LogP contribution is 2.25. The summed E-state index contributed by atoms with van der Waals surface area (Å²) in [6.45, 7) is 4.47. The highest BCUT2D eigenvalue weighted by molar-refractivity contribution is 5.94. The number of rotatable bonds is 5. The van der Waals surface area contributed by atoms with Crippen LogP contribution in [0.25, 0.3) is 0 Å². The third kappa shape index (κ3) is 3.39. The molecule has 2 aliphatic rings. The van der Waals surface area contributed by atoms with Gasteiger partial charge in [0.05, 0.1) is 6.04 Å². The number of aryl methyl sites for hydroxylation is 1. The Kier molecular flexibility index (Phi) is 5.04. The Morgan fingerprint density at radius 3 is 2.81 bits per heavy atom. The van der Waals surface area contributed by atoms with Crippen molar-refractivity contribution < 1.29 is 4.79 Å². The molecule has 0 bridgehead atoms. The molecule has 0 aliphatic carbocycles. The van der Waals surface area contributed by atoms with E-state index in [1.54, 1.807) is 0 Å². The van der Waals surface area contributed by atoms with Crippen LogP contribution in [0, 0.1) is 0 Å². The normalized spacial score (nSPS) is 18.5. The van der Waals surface area contributed by atoms with Gasteiger partial charge in [-0.25, -0.2) is 0 Å². The lowest BCUT2D eigenvalue weighted by atomic mass is 10.0. The van der Waals surface area contributed by atoms with Crippen molar-refractivity contribution >= 4 is 5.91 Å². The summed E-state index contributed by atoms with van der Waals surface area (Å²) in [5, 5.41) is 11.0. The van der Waals surface area contributed by atoms with Crippen LogP contribution in [-0.2, 0) is 20.0 Å². The Balaban J connectivity index is 1.50. The number of aromatic nitrogens is 2. The zero-order valence-corrected chi connectivity index (χ0v) is 15.4. The molecule has 0 radical (unpaired) electrons. The van der Waals surface area contributed by atoms with Crippen molar-refractivity contribution in [2.45, 2.75) is 31.8 Å². The first-order valence-electron chi connectivity index (χ1n) is 9.56. The van der Waals surface area contributed by atoms with Crippen molar-refractivity contribution in [2.24, 2.45) is 7.05 Å². The molecule has 2 aliphatic heterocycles. The van der Waals surface area contributed by atoms with Crippen LogP contribution >= 0.6 is 0 Å².